The molecule has 0 fully saturated rings. The second-order valence-electron chi connectivity index (χ2n) is 12.2. The lowest BCUT2D eigenvalue weighted by atomic mass is 9.85. The molecule has 10 aromatic rings. The van der Waals surface area contributed by atoms with Gasteiger partial charge in [-0.25, -0.2) is 4.40 Å². The van der Waals surface area contributed by atoms with Gasteiger partial charge in [0.05, 0.1) is 16.3 Å². The molecule has 1 spiro atoms. The molecule has 44 heavy (non-hydrogen) atoms. The highest BCUT2D eigenvalue weighted by Crippen LogP contribution is 2.58. The smallest absolute Gasteiger partial charge is 0.306 e. The molecule has 3 aliphatic rings. The molecule has 0 saturated carbocycles. The summed E-state index contributed by atoms with van der Waals surface area (Å²) in [5.74, 6) is 1.77. The van der Waals surface area contributed by atoms with E-state index < -0.39 is 5.66 Å². The monoisotopic (exact) mass is 562 g/mol. The van der Waals surface area contributed by atoms with Gasteiger partial charge in [-0.15, -0.1) is 4.98 Å². The molecule has 4 aromatic carbocycles. The Hall–Kier alpha value is -6.08. The third kappa shape index (κ3) is 1.80. The zero-order valence-electron chi connectivity index (χ0n) is 23.0. The molecular weight excluding hydrogens is 544 g/mol. The first-order valence-electron chi connectivity index (χ1n) is 14.9. The maximum Gasteiger partial charge on any atom is 0.306 e. The Kier molecular flexibility index (Phi) is 2.97. The maximum atomic E-state index is 6.91. The van der Waals surface area contributed by atoms with Crippen molar-refractivity contribution >= 4 is 77.0 Å². The minimum absolute atomic E-state index is 0.753. The van der Waals surface area contributed by atoms with Crippen molar-refractivity contribution in [1.82, 2.24) is 18.8 Å². The highest BCUT2D eigenvalue weighted by atomic mass is 16.5. The van der Waals surface area contributed by atoms with Crippen molar-refractivity contribution in [2.75, 3.05) is 0 Å². The molecular formula is C37H18N6O+2. The van der Waals surface area contributed by atoms with Crippen LogP contribution in [0.4, 0.5) is 0 Å². The molecule has 200 valence electrons. The third-order valence-electron chi connectivity index (χ3n) is 10.5. The van der Waals surface area contributed by atoms with Crippen LogP contribution in [0.25, 0.3) is 77.0 Å². The number of fused-ring (bicyclic) bond motifs is 12. The summed E-state index contributed by atoms with van der Waals surface area (Å²) in [6.07, 6.45) is 3.82. The van der Waals surface area contributed by atoms with Gasteiger partial charge in [-0.05, 0) is 72.1 Å². The predicted molar refractivity (Wildman–Crippen MR) is 167 cm³/mol. The highest BCUT2D eigenvalue weighted by molar-refractivity contribution is 6.18. The number of benzene rings is 4. The van der Waals surface area contributed by atoms with E-state index in [2.05, 4.69) is 103 Å². The first-order chi connectivity index (χ1) is 21.9. The normalized spacial score (nSPS) is 17.4. The van der Waals surface area contributed by atoms with Gasteiger partial charge in [-0.3, -0.25) is 4.98 Å². The van der Waals surface area contributed by atoms with Crippen molar-refractivity contribution < 1.29 is 13.9 Å². The molecule has 7 heteroatoms. The summed E-state index contributed by atoms with van der Waals surface area (Å²) in [4.78, 5) is 10.1. The summed E-state index contributed by atoms with van der Waals surface area (Å²) in [5, 5.41) is 5.97. The Labute approximate surface area is 247 Å². The predicted octanol–water partition coefficient (Wildman–Crippen LogP) is 6.51. The summed E-state index contributed by atoms with van der Waals surface area (Å²) in [7, 11) is 0. The zero-order chi connectivity index (χ0) is 28.1. The van der Waals surface area contributed by atoms with Crippen LogP contribution in [0.3, 0.4) is 0 Å². The Morgan fingerprint density at radius 2 is 1.20 bits per heavy atom. The molecule has 3 aliphatic heterocycles. The van der Waals surface area contributed by atoms with Gasteiger partial charge >= 0.3 is 5.65 Å². The first kappa shape index (κ1) is 20.7. The van der Waals surface area contributed by atoms with Crippen LogP contribution < -0.4 is 13.9 Å². The van der Waals surface area contributed by atoms with Gasteiger partial charge in [0.25, 0.3) is 11.3 Å². The zero-order valence-corrected chi connectivity index (χ0v) is 23.0. The molecule has 0 bridgehead atoms. The average Bonchev–Trinajstić information content (AvgIpc) is 3.79. The molecule has 7 nitrogen and oxygen atoms in total. The fourth-order valence-electron chi connectivity index (χ4n) is 9.18. The van der Waals surface area contributed by atoms with Gasteiger partial charge in [0, 0.05) is 17.0 Å². The van der Waals surface area contributed by atoms with Crippen LogP contribution in [0.2, 0.25) is 0 Å². The second-order valence-corrected chi connectivity index (χ2v) is 12.2. The Bertz CT molecular complexity index is 2890. The van der Waals surface area contributed by atoms with Crippen molar-refractivity contribution in [2.45, 2.75) is 5.66 Å². The van der Waals surface area contributed by atoms with Crippen LogP contribution in [0.5, 0.6) is 11.5 Å². The van der Waals surface area contributed by atoms with E-state index in [0.717, 1.165) is 67.0 Å². The average molecular weight is 563 g/mol. The van der Waals surface area contributed by atoms with E-state index in [0.29, 0.717) is 0 Å². The molecule has 0 aliphatic carbocycles. The molecule has 1 atom stereocenters. The quantitative estimate of drug-likeness (QED) is 0.157. The number of pyridine rings is 4. The molecule has 0 amide bonds. The van der Waals surface area contributed by atoms with E-state index in [-0.39, 0.29) is 0 Å². The molecule has 0 radical (unpaired) electrons. The number of hydrogen-bond acceptors (Lipinski definition) is 3. The van der Waals surface area contributed by atoms with Gasteiger partial charge in [-0.1, -0.05) is 30.3 Å². The maximum absolute atomic E-state index is 6.91. The largest absolute Gasteiger partial charge is 0.456 e. The van der Waals surface area contributed by atoms with Crippen LogP contribution in [-0.2, 0) is 5.66 Å². The molecule has 9 heterocycles. The van der Waals surface area contributed by atoms with Crippen molar-refractivity contribution in [3.05, 3.63) is 121 Å². The SMILES string of the molecule is c1ccc2c(c1)c1ccc3c4c1c1n2c2cccnc2[n+]1C41c2c(ccc4c5ncccc5n5c6ccccc6[n+]1c5c24)O3. The minimum Gasteiger partial charge on any atom is -0.456 e. The summed E-state index contributed by atoms with van der Waals surface area (Å²) < 4.78 is 16.8. The van der Waals surface area contributed by atoms with Crippen molar-refractivity contribution in [3.8, 4) is 11.5 Å². The van der Waals surface area contributed by atoms with E-state index in [9.17, 15) is 0 Å². The Morgan fingerprint density at radius 3 is 2.09 bits per heavy atom. The molecule has 0 N–H and O–H groups in total. The number of para-hydroxylation sites is 3. The summed E-state index contributed by atoms with van der Waals surface area (Å²) in [6.45, 7) is 0. The van der Waals surface area contributed by atoms with Crippen LogP contribution in [0.1, 0.15) is 11.1 Å². The van der Waals surface area contributed by atoms with Gasteiger partial charge in [0.15, 0.2) is 22.1 Å². The van der Waals surface area contributed by atoms with Gasteiger partial charge in [0.2, 0.25) is 5.65 Å². The topological polar surface area (TPSA) is 51.6 Å². The fraction of sp³-hybridized carbons (Fsp3) is 0.0270. The number of rotatable bonds is 0. The van der Waals surface area contributed by atoms with Crippen LogP contribution in [0.15, 0.2) is 109 Å². The second kappa shape index (κ2) is 6.31. The molecule has 6 aromatic heterocycles. The fourth-order valence-corrected chi connectivity index (χ4v) is 9.18. The van der Waals surface area contributed by atoms with Crippen molar-refractivity contribution in [2.24, 2.45) is 0 Å². The van der Waals surface area contributed by atoms with E-state index in [1.165, 1.54) is 32.6 Å². The number of ether oxygens (including phenoxy) is 1. The standard InChI is InChI=1S/C37H18N6O/c1-2-8-22-19(7-1)20-13-15-27-31-29(20)36-40(22)26-12-6-18-39-34(26)43(36)37(31)32-28(44-27)16-14-21-30(32)35-41(25-11-5-17-38-33(21)25)23-9-3-4-10-24(23)42(35)37/h1-18H/q+2. The van der Waals surface area contributed by atoms with E-state index in [4.69, 9.17) is 14.7 Å². The van der Waals surface area contributed by atoms with Crippen molar-refractivity contribution in [3.63, 3.8) is 0 Å². The molecule has 13 rings (SSSR count). The van der Waals surface area contributed by atoms with E-state index in [1.807, 2.05) is 24.5 Å². The Morgan fingerprint density at radius 1 is 0.545 bits per heavy atom. The summed E-state index contributed by atoms with van der Waals surface area (Å²) in [5.41, 5.74) is 11.5. The summed E-state index contributed by atoms with van der Waals surface area (Å²) >= 11 is 0. The molecule has 0 saturated heterocycles. The van der Waals surface area contributed by atoms with Gasteiger partial charge in [0.1, 0.15) is 34.3 Å². The lowest BCUT2D eigenvalue weighted by molar-refractivity contribution is -0.924. The molecule has 1 unspecified atom stereocenters. The highest BCUT2D eigenvalue weighted by Gasteiger charge is 2.66. The number of hydrogen-bond donors (Lipinski definition) is 0. The first-order valence-corrected chi connectivity index (χ1v) is 14.9. The lowest BCUT2D eigenvalue weighted by Crippen LogP contribution is -2.72. The van der Waals surface area contributed by atoms with Crippen molar-refractivity contribution in [1.29, 1.82) is 0 Å². The van der Waals surface area contributed by atoms with E-state index >= 15 is 0 Å². The number of aromatic nitrogens is 6. The van der Waals surface area contributed by atoms with Gasteiger partial charge < -0.3 is 4.74 Å². The lowest BCUT2D eigenvalue weighted by Gasteiger charge is -2.31. The minimum atomic E-state index is -0.753. The van der Waals surface area contributed by atoms with Crippen LogP contribution >= 0.6 is 0 Å². The Balaban J connectivity index is 1.45. The third-order valence-corrected chi connectivity index (χ3v) is 10.5. The summed E-state index contributed by atoms with van der Waals surface area (Å²) in [6, 6.07) is 34.8. The van der Waals surface area contributed by atoms with Crippen LogP contribution in [0, 0.1) is 0 Å². The number of imidazole rings is 2. The van der Waals surface area contributed by atoms with Gasteiger partial charge in [-0.2, -0.15) is 13.5 Å². The van der Waals surface area contributed by atoms with E-state index in [1.54, 1.807) is 0 Å². The van der Waals surface area contributed by atoms with Crippen LogP contribution in [-0.4, -0.2) is 18.8 Å². The number of nitrogens with zero attached hydrogens (tertiary/aromatic N) is 6.